The Morgan fingerprint density at radius 1 is 1.56 bits per heavy atom. The van der Waals surface area contributed by atoms with Crippen molar-refractivity contribution < 1.29 is 13.7 Å². The molecule has 8 heteroatoms. The van der Waals surface area contributed by atoms with Crippen LogP contribution >= 0.6 is 11.3 Å². The topological polar surface area (TPSA) is 54.6 Å². The van der Waals surface area contributed by atoms with E-state index in [1.165, 1.54) is 4.88 Å². The van der Waals surface area contributed by atoms with Crippen molar-refractivity contribution in [1.29, 1.82) is 0 Å². The number of likely N-dealkylation sites (N-methyl/N-ethyl adjacent to an activating group) is 1. The van der Waals surface area contributed by atoms with Crippen LogP contribution in [0.4, 0.5) is 4.39 Å². The lowest BCUT2D eigenvalue weighted by Gasteiger charge is -2.30. The summed E-state index contributed by atoms with van der Waals surface area (Å²) in [5, 5.41) is 5.98. The minimum atomic E-state index is -0.759. The lowest BCUT2D eigenvalue weighted by molar-refractivity contribution is 0.144. The summed E-state index contributed by atoms with van der Waals surface area (Å²) in [5.41, 5.74) is 0. The Balaban J connectivity index is 1.60. The predicted molar refractivity (Wildman–Crippen MR) is 94.1 cm³/mol. The molecule has 0 radical (unpaired) electrons. The smallest absolute Gasteiger partial charge is 0.243 e. The third-order valence-corrected chi connectivity index (χ3v) is 5.55. The molecule has 0 amide bonds. The van der Waals surface area contributed by atoms with Gasteiger partial charge in [0.05, 0.1) is 6.04 Å². The molecule has 2 aromatic heterocycles. The number of methoxy groups -OCH3 is 1. The van der Waals surface area contributed by atoms with Crippen molar-refractivity contribution >= 4 is 11.3 Å². The summed E-state index contributed by atoms with van der Waals surface area (Å²) in [6.45, 7) is 4.43. The van der Waals surface area contributed by atoms with E-state index >= 15 is 0 Å². The number of nitrogens with zero attached hydrogens (tertiary/aromatic N) is 4. The van der Waals surface area contributed by atoms with Crippen molar-refractivity contribution in [1.82, 2.24) is 19.9 Å². The Labute approximate surface area is 151 Å². The van der Waals surface area contributed by atoms with Gasteiger partial charge in [-0.1, -0.05) is 11.2 Å². The fraction of sp³-hybridized carbons (Fsp3) is 0.647. The SMILES string of the molecule is COCc1noc(C(C)N(C)C[C@@H]2C[C@H](F)CN2Cc2cccs2)n1. The van der Waals surface area contributed by atoms with Crippen LogP contribution in [-0.2, 0) is 17.9 Å². The summed E-state index contributed by atoms with van der Waals surface area (Å²) in [4.78, 5) is 10.0. The molecule has 3 heterocycles. The first kappa shape index (κ1) is 18.4. The van der Waals surface area contributed by atoms with Gasteiger partial charge in [-0.15, -0.1) is 11.3 Å². The first-order valence-corrected chi connectivity index (χ1v) is 9.37. The predicted octanol–water partition coefficient (Wildman–Crippen LogP) is 2.88. The molecule has 1 saturated heterocycles. The zero-order chi connectivity index (χ0) is 17.8. The van der Waals surface area contributed by atoms with Gasteiger partial charge in [-0.3, -0.25) is 9.80 Å². The van der Waals surface area contributed by atoms with Crippen molar-refractivity contribution in [2.75, 3.05) is 27.2 Å². The molecule has 1 aliphatic heterocycles. The van der Waals surface area contributed by atoms with Crippen LogP contribution in [0.1, 0.15) is 36.0 Å². The number of thiophene rings is 1. The number of hydrogen-bond acceptors (Lipinski definition) is 7. The van der Waals surface area contributed by atoms with Gasteiger partial charge in [-0.25, -0.2) is 4.39 Å². The van der Waals surface area contributed by atoms with Crippen LogP contribution in [0.15, 0.2) is 22.0 Å². The van der Waals surface area contributed by atoms with E-state index in [1.807, 2.05) is 20.0 Å². The highest BCUT2D eigenvalue weighted by atomic mass is 32.1. The molecule has 0 bridgehead atoms. The minimum absolute atomic E-state index is 0.0274. The summed E-state index contributed by atoms with van der Waals surface area (Å²) in [5.74, 6) is 1.11. The Kier molecular flexibility index (Phi) is 6.16. The number of aromatic nitrogens is 2. The molecule has 1 aliphatic rings. The number of hydrogen-bond donors (Lipinski definition) is 0. The van der Waals surface area contributed by atoms with Gasteiger partial charge in [0.15, 0.2) is 5.82 Å². The molecule has 0 aliphatic carbocycles. The van der Waals surface area contributed by atoms with Crippen LogP contribution in [0.3, 0.4) is 0 Å². The standard InChI is InChI=1S/C17H25FN4O2S/c1-12(17-19-16(11-23-3)20-24-17)21(2)9-14-7-13(18)8-22(14)10-15-5-4-6-25-15/h4-6,12-14H,7-11H2,1-3H3/t12?,13-,14-/m0/s1. The number of rotatable bonds is 8. The Morgan fingerprint density at radius 2 is 2.40 bits per heavy atom. The van der Waals surface area contributed by atoms with Gasteiger partial charge in [-0.2, -0.15) is 4.98 Å². The minimum Gasteiger partial charge on any atom is -0.377 e. The van der Waals surface area contributed by atoms with E-state index in [0.29, 0.717) is 31.3 Å². The van der Waals surface area contributed by atoms with Crippen molar-refractivity contribution in [2.24, 2.45) is 0 Å². The van der Waals surface area contributed by atoms with E-state index < -0.39 is 6.17 Å². The van der Waals surface area contributed by atoms with Crippen LogP contribution in [0.25, 0.3) is 0 Å². The van der Waals surface area contributed by atoms with Crippen molar-refractivity contribution in [2.45, 2.75) is 44.8 Å². The molecular weight excluding hydrogens is 343 g/mol. The molecular formula is C17H25FN4O2S. The van der Waals surface area contributed by atoms with Gasteiger partial charge in [0.1, 0.15) is 12.8 Å². The molecule has 138 valence electrons. The Hall–Kier alpha value is -1.35. The van der Waals surface area contributed by atoms with Crippen molar-refractivity contribution in [3.8, 4) is 0 Å². The summed E-state index contributed by atoms with van der Waals surface area (Å²) in [6, 6.07) is 4.31. The zero-order valence-corrected chi connectivity index (χ0v) is 15.7. The third-order valence-electron chi connectivity index (χ3n) is 4.69. The number of likely N-dealkylation sites (tertiary alicyclic amines) is 1. The second kappa shape index (κ2) is 8.35. The summed E-state index contributed by atoms with van der Waals surface area (Å²) in [6.07, 6.45) is -0.188. The van der Waals surface area contributed by atoms with E-state index in [9.17, 15) is 4.39 Å². The molecule has 0 aromatic carbocycles. The number of halogens is 1. The summed E-state index contributed by atoms with van der Waals surface area (Å²) < 4.78 is 24.4. The molecule has 0 saturated carbocycles. The van der Waals surface area contributed by atoms with E-state index in [0.717, 1.165) is 13.1 Å². The molecule has 3 atom stereocenters. The van der Waals surface area contributed by atoms with Crippen molar-refractivity contribution in [3.05, 3.63) is 34.1 Å². The maximum Gasteiger partial charge on any atom is 0.243 e. The fourth-order valence-corrected chi connectivity index (χ4v) is 3.94. The zero-order valence-electron chi connectivity index (χ0n) is 14.9. The van der Waals surface area contributed by atoms with Crippen LogP contribution in [-0.4, -0.2) is 59.4 Å². The van der Waals surface area contributed by atoms with Crippen LogP contribution in [0.2, 0.25) is 0 Å². The third kappa shape index (κ3) is 4.63. The van der Waals surface area contributed by atoms with Crippen LogP contribution in [0, 0.1) is 0 Å². The average Bonchev–Trinajstić information content (AvgIpc) is 3.30. The first-order valence-electron chi connectivity index (χ1n) is 8.49. The summed E-state index contributed by atoms with van der Waals surface area (Å²) >= 11 is 1.72. The highest BCUT2D eigenvalue weighted by Crippen LogP contribution is 2.27. The first-order chi connectivity index (χ1) is 12.1. The Bertz CT molecular complexity index is 651. The summed E-state index contributed by atoms with van der Waals surface area (Å²) in [7, 11) is 3.61. The van der Waals surface area contributed by atoms with Gasteiger partial charge in [0, 0.05) is 37.7 Å². The molecule has 25 heavy (non-hydrogen) atoms. The van der Waals surface area contributed by atoms with Gasteiger partial charge < -0.3 is 9.26 Å². The second-order valence-corrected chi connectivity index (χ2v) is 7.63. The Morgan fingerprint density at radius 3 is 3.12 bits per heavy atom. The fourth-order valence-electron chi connectivity index (χ4n) is 3.21. The molecule has 0 spiro atoms. The van der Waals surface area contributed by atoms with E-state index in [-0.39, 0.29) is 12.1 Å². The monoisotopic (exact) mass is 368 g/mol. The second-order valence-electron chi connectivity index (χ2n) is 6.59. The van der Waals surface area contributed by atoms with Gasteiger partial charge in [0.25, 0.3) is 0 Å². The molecule has 2 aromatic rings. The van der Waals surface area contributed by atoms with Crippen LogP contribution < -0.4 is 0 Å². The van der Waals surface area contributed by atoms with E-state index in [4.69, 9.17) is 9.26 Å². The van der Waals surface area contributed by atoms with Gasteiger partial charge in [0.2, 0.25) is 5.89 Å². The molecule has 6 nitrogen and oxygen atoms in total. The van der Waals surface area contributed by atoms with E-state index in [2.05, 4.69) is 31.4 Å². The normalized spacial score (nSPS) is 22.8. The quantitative estimate of drug-likeness (QED) is 0.714. The van der Waals surface area contributed by atoms with Crippen LogP contribution in [0.5, 0.6) is 0 Å². The average molecular weight is 368 g/mol. The molecule has 1 unspecified atom stereocenters. The molecule has 0 N–H and O–H groups in total. The highest BCUT2D eigenvalue weighted by molar-refractivity contribution is 7.09. The van der Waals surface area contributed by atoms with Gasteiger partial charge in [-0.05, 0) is 31.8 Å². The highest BCUT2D eigenvalue weighted by Gasteiger charge is 2.34. The lowest BCUT2D eigenvalue weighted by atomic mass is 10.1. The number of ether oxygens (including phenoxy) is 1. The lowest BCUT2D eigenvalue weighted by Crippen LogP contribution is -2.39. The maximum absolute atomic E-state index is 14.0. The van der Waals surface area contributed by atoms with Gasteiger partial charge >= 0.3 is 0 Å². The number of alkyl halides is 1. The molecule has 1 fully saturated rings. The maximum atomic E-state index is 14.0. The van der Waals surface area contributed by atoms with Crippen molar-refractivity contribution in [3.63, 3.8) is 0 Å². The molecule has 3 rings (SSSR count). The van der Waals surface area contributed by atoms with E-state index in [1.54, 1.807) is 18.4 Å². The largest absolute Gasteiger partial charge is 0.377 e.